The number of furan rings is 1. The highest BCUT2D eigenvalue weighted by Gasteiger charge is 2.40. The normalized spacial score (nSPS) is 11.5. The van der Waals surface area contributed by atoms with Gasteiger partial charge in [-0.3, -0.25) is 14.5 Å². The molecule has 0 fully saturated rings. The van der Waals surface area contributed by atoms with Crippen LogP contribution >= 0.6 is 11.3 Å². The first-order valence-corrected chi connectivity index (χ1v) is 12.0. The summed E-state index contributed by atoms with van der Waals surface area (Å²) in [5.41, 5.74) is -0.484. The molecular formula is C25H32N2O8S. The zero-order valence-electron chi connectivity index (χ0n) is 20.5. The third kappa shape index (κ3) is 8.76. The fourth-order valence-electron chi connectivity index (χ4n) is 3.47. The van der Waals surface area contributed by atoms with Crippen molar-refractivity contribution in [3.05, 3.63) is 58.0 Å². The number of thiophene rings is 1. The second-order valence-corrected chi connectivity index (χ2v) is 9.75. The van der Waals surface area contributed by atoms with Crippen LogP contribution in [0.4, 0.5) is 0 Å². The Morgan fingerprint density at radius 1 is 0.944 bits per heavy atom. The minimum atomic E-state index is -2.74. The van der Waals surface area contributed by atoms with Crippen LogP contribution in [0.25, 0.3) is 11.0 Å². The number of likely N-dealkylation sites (N-methyl/N-ethyl adjacent to an activating group) is 1. The molecule has 0 radical (unpaired) electrons. The standard InChI is InChI=1S/C19H24N2OS.C6H8O7/c1-15-17-8-4-5-9-18(17)22-19(15)14-21(11-10-20(2)3)13-16-7-6-12-23-16;7-3(8)1-6(13,5(11)12)2-4(9)10/h4-9,12H,10-11,13-14H2,1-3H3;13H,1-2H2,(H,7,8)(H,9,10)(H,11,12). The molecule has 0 spiro atoms. The molecule has 0 bridgehead atoms. The zero-order valence-corrected chi connectivity index (χ0v) is 21.3. The number of aliphatic carboxylic acids is 3. The van der Waals surface area contributed by atoms with Crippen LogP contribution in [0.5, 0.6) is 0 Å². The van der Waals surface area contributed by atoms with Crippen LogP contribution in [-0.2, 0) is 27.5 Å². The predicted molar refractivity (Wildman–Crippen MR) is 135 cm³/mol. The van der Waals surface area contributed by atoms with E-state index in [1.165, 1.54) is 15.8 Å². The highest BCUT2D eigenvalue weighted by atomic mass is 32.1. The van der Waals surface area contributed by atoms with E-state index in [2.05, 4.69) is 66.5 Å². The van der Waals surface area contributed by atoms with Gasteiger partial charge in [-0.1, -0.05) is 24.3 Å². The topological polar surface area (TPSA) is 152 Å². The van der Waals surface area contributed by atoms with Gasteiger partial charge in [0.05, 0.1) is 19.4 Å². The van der Waals surface area contributed by atoms with Crippen LogP contribution in [0.1, 0.15) is 29.0 Å². The zero-order chi connectivity index (χ0) is 26.9. The molecule has 0 unspecified atom stereocenters. The number of benzene rings is 1. The Bertz CT molecular complexity index is 1140. The van der Waals surface area contributed by atoms with E-state index in [-0.39, 0.29) is 0 Å². The average Bonchev–Trinajstić information content (AvgIpc) is 3.39. The van der Waals surface area contributed by atoms with E-state index in [0.717, 1.165) is 37.5 Å². The Morgan fingerprint density at radius 3 is 2.08 bits per heavy atom. The molecule has 11 heteroatoms. The molecule has 36 heavy (non-hydrogen) atoms. The minimum Gasteiger partial charge on any atom is -0.481 e. The molecule has 10 nitrogen and oxygen atoms in total. The van der Waals surface area contributed by atoms with Gasteiger partial charge >= 0.3 is 17.9 Å². The molecule has 0 atom stereocenters. The Morgan fingerprint density at radius 2 is 1.58 bits per heavy atom. The Hall–Kier alpha value is -3.25. The van der Waals surface area contributed by atoms with Gasteiger partial charge in [-0.15, -0.1) is 11.3 Å². The second kappa shape index (κ2) is 13.2. The molecule has 0 aliphatic heterocycles. The smallest absolute Gasteiger partial charge is 0.336 e. The lowest BCUT2D eigenvalue weighted by Crippen LogP contribution is -2.42. The second-order valence-electron chi connectivity index (χ2n) is 8.72. The van der Waals surface area contributed by atoms with Gasteiger partial charge in [0.2, 0.25) is 0 Å². The molecule has 0 aliphatic rings. The van der Waals surface area contributed by atoms with E-state index in [1.54, 1.807) is 0 Å². The summed E-state index contributed by atoms with van der Waals surface area (Å²) in [5.74, 6) is -3.93. The monoisotopic (exact) mass is 520 g/mol. The lowest BCUT2D eigenvalue weighted by Gasteiger charge is -2.23. The number of aliphatic hydroxyl groups is 1. The van der Waals surface area contributed by atoms with Crippen molar-refractivity contribution in [2.75, 3.05) is 27.2 Å². The maximum absolute atomic E-state index is 10.3. The number of hydrogen-bond acceptors (Lipinski definition) is 8. The van der Waals surface area contributed by atoms with Crippen LogP contribution in [0, 0.1) is 6.92 Å². The number of rotatable bonds is 12. The number of fused-ring (bicyclic) bond motifs is 1. The van der Waals surface area contributed by atoms with E-state index < -0.39 is 36.4 Å². The summed E-state index contributed by atoms with van der Waals surface area (Å²) in [6.45, 7) is 6.07. The van der Waals surface area contributed by atoms with Crippen molar-refractivity contribution in [2.45, 2.75) is 38.5 Å². The average molecular weight is 521 g/mol. The first-order valence-electron chi connectivity index (χ1n) is 11.2. The molecule has 196 valence electrons. The van der Waals surface area contributed by atoms with Crippen molar-refractivity contribution in [1.29, 1.82) is 0 Å². The van der Waals surface area contributed by atoms with Crippen LogP contribution in [0.3, 0.4) is 0 Å². The molecule has 1 aromatic carbocycles. The van der Waals surface area contributed by atoms with Crippen molar-refractivity contribution in [1.82, 2.24) is 9.80 Å². The molecular weight excluding hydrogens is 488 g/mol. The lowest BCUT2D eigenvalue weighted by atomic mass is 9.96. The van der Waals surface area contributed by atoms with Gasteiger partial charge in [-0.2, -0.15) is 0 Å². The summed E-state index contributed by atoms with van der Waals surface area (Å²) in [7, 11) is 4.24. The van der Waals surface area contributed by atoms with Crippen LogP contribution in [0.2, 0.25) is 0 Å². The summed E-state index contributed by atoms with van der Waals surface area (Å²) in [6, 6.07) is 12.6. The Balaban J connectivity index is 0.000000302. The van der Waals surface area contributed by atoms with Crippen LogP contribution < -0.4 is 0 Å². The first-order chi connectivity index (χ1) is 16.9. The van der Waals surface area contributed by atoms with Crippen molar-refractivity contribution >= 4 is 40.2 Å². The van der Waals surface area contributed by atoms with Crippen molar-refractivity contribution < 1.29 is 39.2 Å². The fourth-order valence-corrected chi connectivity index (χ4v) is 4.22. The molecule has 3 rings (SSSR count). The maximum Gasteiger partial charge on any atom is 0.336 e. The number of carbonyl (C=O) groups is 3. The van der Waals surface area contributed by atoms with E-state index >= 15 is 0 Å². The predicted octanol–water partition coefficient (Wildman–Crippen LogP) is 3.12. The highest BCUT2D eigenvalue weighted by molar-refractivity contribution is 7.09. The van der Waals surface area contributed by atoms with Gasteiger partial charge in [0.1, 0.15) is 11.3 Å². The van der Waals surface area contributed by atoms with Gasteiger partial charge in [0.25, 0.3) is 0 Å². The summed E-state index contributed by atoms with van der Waals surface area (Å²) in [4.78, 5) is 36.6. The summed E-state index contributed by atoms with van der Waals surface area (Å²) < 4.78 is 6.10. The molecule has 4 N–H and O–H groups in total. The van der Waals surface area contributed by atoms with E-state index in [9.17, 15) is 14.4 Å². The quantitative estimate of drug-likeness (QED) is 0.280. The maximum atomic E-state index is 10.3. The van der Waals surface area contributed by atoms with Gasteiger partial charge in [-0.05, 0) is 44.1 Å². The number of carboxylic acid groups (broad SMARTS) is 3. The van der Waals surface area contributed by atoms with Crippen molar-refractivity contribution in [2.24, 2.45) is 0 Å². The van der Waals surface area contributed by atoms with E-state index in [4.69, 9.17) is 24.8 Å². The molecule has 2 aromatic heterocycles. The number of para-hydroxylation sites is 1. The largest absolute Gasteiger partial charge is 0.481 e. The fraction of sp³-hybridized carbons (Fsp3) is 0.400. The molecule has 0 aliphatic carbocycles. The van der Waals surface area contributed by atoms with Gasteiger partial charge in [0, 0.05) is 29.9 Å². The van der Waals surface area contributed by atoms with E-state index in [0.29, 0.717) is 0 Å². The molecule has 2 heterocycles. The summed E-state index contributed by atoms with van der Waals surface area (Å²) in [6.07, 6.45) is -2.29. The SMILES string of the molecule is Cc1c(CN(CCN(C)C)Cc2cccs2)oc2ccccc12.O=C(O)CC(O)(CC(=O)O)C(=O)O. The Kier molecular flexibility index (Phi) is 10.6. The summed E-state index contributed by atoms with van der Waals surface area (Å²) >= 11 is 1.82. The van der Waals surface area contributed by atoms with Gasteiger partial charge in [-0.25, -0.2) is 4.79 Å². The molecule has 0 saturated heterocycles. The van der Waals surface area contributed by atoms with Crippen LogP contribution in [0.15, 0.2) is 46.2 Å². The van der Waals surface area contributed by atoms with Gasteiger partial charge < -0.3 is 29.7 Å². The van der Waals surface area contributed by atoms with Crippen molar-refractivity contribution in [3.63, 3.8) is 0 Å². The van der Waals surface area contributed by atoms with Crippen molar-refractivity contribution in [3.8, 4) is 0 Å². The number of carboxylic acids is 3. The first kappa shape index (κ1) is 29.0. The number of hydrogen-bond donors (Lipinski definition) is 4. The number of aryl methyl sites for hydroxylation is 1. The van der Waals surface area contributed by atoms with Gasteiger partial charge in [0.15, 0.2) is 5.60 Å². The lowest BCUT2D eigenvalue weighted by molar-refractivity contribution is -0.170. The Labute approximate surface area is 213 Å². The van der Waals surface area contributed by atoms with Crippen LogP contribution in [-0.4, -0.2) is 80.9 Å². The highest BCUT2D eigenvalue weighted by Crippen LogP contribution is 2.26. The molecule has 3 aromatic rings. The summed E-state index contributed by atoms with van der Waals surface area (Å²) in [5, 5.41) is 37.2. The third-order valence-electron chi connectivity index (χ3n) is 5.42. The molecule has 0 saturated carbocycles. The minimum absolute atomic E-state index is 0.853. The molecule has 0 amide bonds. The number of nitrogens with zero attached hydrogens (tertiary/aromatic N) is 2. The van der Waals surface area contributed by atoms with E-state index in [1.807, 2.05) is 17.4 Å². The third-order valence-corrected chi connectivity index (χ3v) is 6.28.